The van der Waals surface area contributed by atoms with Crippen molar-refractivity contribution in [1.29, 1.82) is 0 Å². The second-order valence-corrected chi connectivity index (χ2v) is 3.55. The molecule has 2 aromatic rings. The molecule has 0 spiro atoms. The Morgan fingerprint density at radius 3 is 2.60 bits per heavy atom. The van der Waals surface area contributed by atoms with E-state index in [-0.39, 0.29) is 6.61 Å². The van der Waals surface area contributed by atoms with Crippen molar-refractivity contribution in [2.45, 2.75) is 6.42 Å². The lowest BCUT2D eigenvalue weighted by molar-refractivity contribution is 0.300. The predicted molar refractivity (Wildman–Crippen MR) is 63.6 cm³/mol. The van der Waals surface area contributed by atoms with Gasteiger partial charge in [-0.2, -0.15) is 0 Å². The predicted octanol–water partition coefficient (Wildman–Crippen LogP) is 1.54. The maximum Gasteiger partial charge on any atom is 0.0587 e. The fraction of sp³-hybridized carbons (Fsp3) is 0.167. The molecule has 3 heteroatoms. The Kier molecular flexibility index (Phi) is 2.47. The molecule has 0 bridgehead atoms. The standard InChI is InChI=1S/C12H14N2O/c13-11-7-8-3-1-2-4-9(8)10(5-6-15)12(11)14/h1-4,7,15H,5-6,13-14H2. The first kappa shape index (κ1) is 9.80. The Hall–Kier alpha value is -1.74. The molecular formula is C12H14N2O. The summed E-state index contributed by atoms with van der Waals surface area (Å²) in [5.74, 6) is 0. The van der Waals surface area contributed by atoms with Crippen LogP contribution in [0.15, 0.2) is 30.3 Å². The zero-order valence-corrected chi connectivity index (χ0v) is 8.40. The molecule has 0 aliphatic carbocycles. The molecule has 0 amide bonds. The van der Waals surface area contributed by atoms with Crippen LogP contribution in [0.2, 0.25) is 0 Å². The molecule has 2 rings (SSSR count). The summed E-state index contributed by atoms with van der Waals surface area (Å²) in [4.78, 5) is 0. The largest absolute Gasteiger partial charge is 0.397 e. The van der Waals surface area contributed by atoms with E-state index in [1.54, 1.807) is 0 Å². The normalized spacial score (nSPS) is 10.7. The van der Waals surface area contributed by atoms with Gasteiger partial charge in [-0.3, -0.25) is 0 Å². The summed E-state index contributed by atoms with van der Waals surface area (Å²) in [6, 6.07) is 9.77. The molecule has 2 aromatic carbocycles. The van der Waals surface area contributed by atoms with Gasteiger partial charge < -0.3 is 16.6 Å². The zero-order valence-electron chi connectivity index (χ0n) is 8.40. The van der Waals surface area contributed by atoms with Gasteiger partial charge in [0.15, 0.2) is 0 Å². The smallest absolute Gasteiger partial charge is 0.0587 e. The van der Waals surface area contributed by atoms with Crippen molar-refractivity contribution >= 4 is 22.1 Å². The maximum atomic E-state index is 9.00. The van der Waals surface area contributed by atoms with Crippen molar-refractivity contribution in [3.05, 3.63) is 35.9 Å². The minimum absolute atomic E-state index is 0.0810. The van der Waals surface area contributed by atoms with Gasteiger partial charge in [0.05, 0.1) is 11.4 Å². The first-order chi connectivity index (χ1) is 7.24. The van der Waals surface area contributed by atoms with Crippen LogP contribution in [0.1, 0.15) is 5.56 Å². The minimum atomic E-state index is 0.0810. The van der Waals surface area contributed by atoms with Gasteiger partial charge in [-0.15, -0.1) is 0 Å². The Morgan fingerprint density at radius 1 is 1.13 bits per heavy atom. The number of hydrogen-bond donors (Lipinski definition) is 3. The number of anilines is 2. The molecule has 0 saturated heterocycles. The van der Waals surface area contributed by atoms with E-state index in [0.717, 1.165) is 16.3 Å². The third-order valence-electron chi connectivity index (χ3n) is 2.59. The average Bonchev–Trinajstić information content (AvgIpc) is 2.25. The molecule has 0 aliphatic heterocycles. The molecule has 78 valence electrons. The van der Waals surface area contributed by atoms with E-state index in [1.807, 2.05) is 30.3 Å². The highest BCUT2D eigenvalue weighted by Crippen LogP contribution is 2.29. The zero-order chi connectivity index (χ0) is 10.8. The van der Waals surface area contributed by atoms with Crippen LogP contribution in [-0.4, -0.2) is 11.7 Å². The number of rotatable bonds is 2. The Morgan fingerprint density at radius 2 is 1.87 bits per heavy atom. The third-order valence-corrected chi connectivity index (χ3v) is 2.59. The number of nitrogen functional groups attached to an aromatic ring is 2. The fourth-order valence-electron chi connectivity index (χ4n) is 1.84. The van der Waals surface area contributed by atoms with Crippen LogP contribution in [0.3, 0.4) is 0 Å². The van der Waals surface area contributed by atoms with Gasteiger partial charge >= 0.3 is 0 Å². The Labute approximate surface area is 88.3 Å². The molecule has 3 nitrogen and oxygen atoms in total. The van der Waals surface area contributed by atoms with E-state index < -0.39 is 0 Å². The Bertz CT molecular complexity index is 494. The van der Waals surface area contributed by atoms with E-state index in [1.165, 1.54) is 0 Å². The van der Waals surface area contributed by atoms with Gasteiger partial charge in [0.25, 0.3) is 0 Å². The van der Waals surface area contributed by atoms with Crippen molar-refractivity contribution in [1.82, 2.24) is 0 Å². The van der Waals surface area contributed by atoms with Crippen LogP contribution >= 0.6 is 0 Å². The van der Waals surface area contributed by atoms with Crippen molar-refractivity contribution in [3.8, 4) is 0 Å². The van der Waals surface area contributed by atoms with Gasteiger partial charge in [-0.1, -0.05) is 24.3 Å². The summed E-state index contributed by atoms with van der Waals surface area (Å²) in [6.07, 6.45) is 0.539. The summed E-state index contributed by atoms with van der Waals surface area (Å²) in [5.41, 5.74) is 13.8. The fourth-order valence-corrected chi connectivity index (χ4v) is 1.84. The van der Waals surface area contributed by atoms with Crippen LogP contribution in [0.4, 0.5) is 11.4 Å². The topological polar surface area (TPSA) is 72.3 Å². The van der Waals surface area contributed by atoms with Gasteiger partial charge in [-0.05, 0) is 28.8 Å². The van der Waals surface area contributed by atoms with Gasteiger partial charge in [0.2, 0.25) is 0 Å². The molecule has 0 unspecified atom stereocenters. The summed E-state index contributed by atoms with van der Waals surface area (Å²) in [5, 5.41) is 11.1. The van der Waals surface area contributed by atoms with Crippen LogP contribution in [0.5, 0.6) is 0 Å². The van der Waals surface area contributed by atoms with E-state index in [0.29, 0.717) is 17.8 Å². The van der Waals surface area contributed by atoms with E-state index in [9.17, 15) is 0 Å². The molecule has 0 saturated carbocycles. The molecule has 0 aliphatic rings. The summed E-state index contributed by atoms with van der Waals surface area (Å²) < 4.78 is 0. The molecule has 0 radical (unpaired) electrons. The molecular weight excluding hydrogens is 188 g/mol. The number of aliphatic hydroxyl groups excluding tert-OH is 1. The quantitative estimate of drug-likeness (QED) is 0.647. The van der Waals surface area contributed by atoms with Gasteiger partial charge in [-0.25, -0.2) is 0 Å². The van der Waals surface area contributed by atoms with Crippen molar-refractivity contribution in [2.75, 3.05) is 18.1 Å². The number of aliphatic hydroxyl groups is 1. The van der Waals surface area contributed by atoms with Crippen LogP contribution in [-0.2, 0) is 6.42 Å². The van der Waals surface area contributed by atoms with Crippen molar-refractivity contribution in [2.24, 2.45) is 0 Å². The molecule has 0 aromatic heterocycles. The van der Waals surface area contributed by atoms with E-state index >= 15 is 0 Å². The van der Waals surface area contributed by atoms with Crippen LogP contribution in [0, 0.1) is 0 Å². The molecule has 0 atom stereocenters. The number of hydrogen-bond acceptors (Lipinski definition) is 3. The van der Waals surface area contributed by atoms with Gasteiger partial charge in [0.1, 0.15) is 0 Å². The lowest BCUT2D eigenvalue weighted by atomic mass is 9.99. The van der Waals surface area contributed by atoms with Gasteiger partial charge in [0, 0.05) is 6.61 Å². The third kappa shape index (κ3) is 1.62. The second kappa shape index (κ2) is 3.79. The lowest BCUT2D eigenvalue weighted by Gasteiger charge is -2.11. The second-order valence-electron chi connectivity index (χ2n) is 3.55. The summed E-state index contributed by atoms with van der Waals surface area (Å²) in [6.45, 7) is 0.0810. The maximum absolute atomic E-state index is 9.00. The highest BCUT2D eigenvalue weighted by Gasteiger charge is 2.07. The molecule has 0 heterocycles. The highest BCUT2D eigenvalue weighted by molar-refractivity contribution is 5.94. The first-order valence-electron chi connectivity index (χ1n) is 4.90. The van der Waals surface area contributed by atoms with E-state index in [2.05, 4.69) is 0 Å². The van der Waals surface area contributed by atoms with Crippen LogP contribution < -0.4 is 11.5 Å². The summed E-state index contributed by atoms with van der Waals surface area (Å²) >= 11 is 0. The molecule has 0 fully saturated rings. The number of fused-ring (bicyclic) bond motifs is 1. The highest BCUT2D eigenvalue weighted by atomic mass is 16.2. The minimum Gasteiger partial charge on any atom is -0.397 e. The summed E-state index contributed by atoms with van der Waals surface area (Å²) in [7, 11) is 0. The SMILES string of the molecule is Nc1cc2ccccc2c(CCO)c1N. The Balaban J connectivity index is 2.77. The molecule has 5 N–H and O–H groups in total. The monoisotopic (exact) mass is 202 g/mol. The number of benzene rings is 2. The number of nitrogens with two attached hydrogens (primary N) is 2. The first-order valence-corrected chi connectivity index (χ1v) is 4.90. The molecule has 15 heavy (non-hydrogen) atoms. The van der Waals surface area contributed by atoms with Crippen molar-refractivity contribution < 1.29 is 5.11 Å². The average molecular weight is 202 g/mol. The van der Waals surface area contributed by atoms with Crippen LogP contribution in [0.25, 0.3) is 10.8 Å². The van der Waals surface area contributed by atoms with Crippen molar-refractivity contribution in [3.63, 3.8) is 0 Å². The lowest BCUT2D eigenvalue weighted by Crippen LogP contribution is -2.03. The van der Waals surface area contributed by atoms with E-state index in [4.69, 9.17) is 16.6 Å².